The standard InChI is InChI=1S/C21H27N5O/c1-16-17(2)26(14-18-6-4-3-5-7-18)21-19(16)20(23-15-24-21)22-8-9-25-10-12-27-13-11-25/h3-7,15H,8-14H2,1-2H3,(H,22,23,24). The van der Waals surface area contributed by atoms with Crippen LogP contribution in [-0.2, 0) is 11.3 Å². The van der Waals surface area contributed by atoms with E-state index in [2.05, 4.69) is 62.9 Å². The Morgan fingerprint density at radius 2 is 1.85 bits per heavy atom. The number of ether oxygens (including phenoxy) is 1. The van der Waals surface area contributed by atoms with Gasteiger partial charge in [-0.2, -0.15) is 0 Å². The largest absolute Gasteiger partial charge is 0.379 e. The van der Waals surface area contributed by atoms with Crippen LogP contribution < -0.4 is 5.32 Å². The molecule has 3 aromatic rings. The van der Waals surface area contributed by atoms with Gasteiger partial charge in [0.15, 0.2) is 0 Å². The smallest absolute Gasteiger partial charge is 0.146 e. The molecule has 0 bridgehead atoms. The van der Waals surface area contributed by atoms with Crippen LogP contribution in [0.1, 0.15) is 16.8 Å². The van der Waals surface area contributed by atoms with Crippen LogP contribution in [0.15, 0.2) is 36.7 Å². The molecule has 0 atom stereocenters. The average molecular weight is 365 g/mol. The zero-order chi connectivity index (χ0) is 18.6. The van der Waals surface area contributed by atoms with Crippen molar-refractivity contribution < 1.29 is 4.74 Å². The number of rotatable bonds is 6. The molecule has 1 aromatic carbocycles. The van der Waals surface area contributed by atoms with E-state index in [1.54, 1.807) is 6.33 Å². The van der Waals surface area contributed by atoms with Gasteiger partial charge in [0.1, 0.15) is 17.8 Å². The van der Waals surface area contributed by atoms with Crippen LogP contribution in [0.2, 0.25) is 0 Å². The topological polar surface area (TPSA) is 55.2 Å². The van der Waals surface area contributed by atoms with E-state index < -0.39 is 0 Å². The molecule has 1 fully saturated rings. The summed E-state index contributed by atoms with van der Waals surface area (Å²) in [4.78, 5) is 11.6. The molecule has 27 heavy (non-hydrogen) atoms. The van der Waals surface area contributed by atoms with Crippen LogP contribution in [0.3, 0.4) is 0 Å². The molecule has 6 nitrogen and oxygen atoms in total. The Hall–Kier alpha value is -2.44. The van der Waals surface area contributed by atoms with Crippen LogP contribution in [0.4, 0.5) is 5.82 Å². The van der Waals surface area contributed by atoms with Crippen molar-refractivity contribution in [2.45, 2.75) is 20.4 Å². The van der Waals surface area contributed by atoms with Crippen molar-refractivity contribution in [2.75, 3.05) is 44.7 Å². The summed E-state index contributed by atoms with van der Waals surface area (Å²) >= 11 is 0. The fourth-order valence-corrected chi connectivity index (χ4v) is 3.72. The maximum Gasteiger partial charge on any atom is 0.146 e. The monoisotopic (exact) mass is 365 g/mol. The maximum absolute atomic E-state index is 5.42. The summed E-state index contributed by atoms with van der Waals surface area (Å²) in [6.45, 7) is 10.7. The van der Waals surface area contributed by atoms with Gasteiger partial charge in [-0.25, -0.2) is 9.97 Å². The van der Waals surface area contributed by atoms with Crippen LogP contribution in [0, 0.1) is 13.8 Å². The molecule has 142 valence electrons. The molecule has 0 spiro atoms. The fraction of sp³-hybridized carbons (Fsp3) is 0.429. The van der Waals surface area contributed by atoms with Crippen LogP contribution in [0.25, 0.3) is 11.0 Å². The minimum Gasteiger partial charge on any atom is -0.379 e. The Balaban J connectivity index is 1.56. The van der Waals surface area contributed by atoms with Gasteiger partial charge in [0.2, 0.25) is 0 Å². The van der Waals surface area contributed by atoms with E-state index in [9.17, 15) is 0 Å². The lowest BCUT2D eigenvalue weighted by molar-refractivity contribution is 0.0398. The van der Waals surface area contributed by atoms with E-state index in [-0.39, 0.29) is 0 Å². The first kappa shape index (κ1) is 17.9. The van der Waals surface area contributed by atoms with E-state index in [0.717, 1.165) is 62.8 Å². The average Bonchev–Trinajstić information content (AvgIpc) is 2.95. The number of nitrogens with zero attached hydrogens (tertiary/aromatic N) is 4. The van der Waals surface area contributed by atoms with Gasteiger partial charge in [0.25, 0.3) is 0 Å². The summed E-state index contributed by atoms with van der Waals surface area (Å²) in [5.41, 5.74) is 4.76. The van der Waals surface area contributed by atoms with Crippen molar-refractivity contribution in [1.29, 1.82) is 0 Å². The van der Waals surface area contributed by atoms with Gasteiger partial charge >= 0.3 is 0 Å². The minimum atomic E-state index is 0.821. The zero-order valence-electron chi connectivity index (χ0n) is 16.1. The Morgan fingerprint density at radius 3 is 2.63 bits per heavy atom. The number of benzene rings is 1. The number of hydrogen-bond donors (Lipinski definition) is 1. The van der Waals surface area contributed by atoms with Crippen LogP contribution >= 0.6 is 0 Å². The summed E-state index contributed by atoms with van der Waals surface area (Å²) in [6, 6.07) is 10.5. The molecule has 3 heterocycles. The number of aromatic nitrogens is 3. The Morgan fingerprint density at radius 1 is 1.07 bits per heavy atom. The van der Waals surface area contributed by atoms with Gasteiger partial charge < -0.3 is 14.6 Å². The van der Waals surface area contributed by atoms with Crippen molar-refractivity contribution in [2.24, 2.45) is 0 Å². The molecule has 6 heteroatoms. The third-order valence-electron chi connectivity index (χ3n) is 5.41. The molecule has 0 unspecified atom stereocenters. The highest BCUT2D eigenvalue weighted by Gasteiger charge is 2.17. The highest BCUT2D eigenvalue weighted by atomic mass is 16.5. The van der Waals surface area contributed by atoms with E-state index in [0.29, 0.717) is 0 Å². The Bertz CT molecular complexity index is 900. The van der Waals surface area contributed by atoms with Gasteiger partial charge in [-0.15, -0.1) is 0 Å². The normalized spacial score (nSPS) is 15.3. The van der Waals surface area contributed by atoms with Crippen molar-refractivity contribution in [1.82, 2.24) is 19.4 Å². The van der Waals surface area contributed by atoms with Gasteiger partial charge in [0.05, 0.1) is 18.6 Å². The molecular formula is C21H27N5O. The number of hydrogen-bond acceptors (Lipinski definition) is 5. The Kier molecular flexibility index (Phi) is 5.36. The molecule has 1 aliphatic rings. The van der Waals surface area contributed by atoms with E-state index in [4.69, 9.17) is 4.74 Å². The molecule has 0 aliphatic carbocycles. The molecule has 4 rings (SSSR count). The van der Waals surface area contributed by atoms with Gasteiger partial charge in [0, 0.05) is 38.4 Å². The molecule has 0 amide bonds. The number of aryl methyl sites for hydroxylation is 1. The lowest BCUT2D eigenvalue weighted by Crippen LogP contribution is -2.39. The van der Waals surface area contributed by atoms with Crippen LogP contribution in [-0.4, -0.2) is 58.8 Å². The number of nitrogens with one attached hydrogen (secondary N) is 1. The molecule has 2 aromatic heterocycles. The minimum absolute atomic E-state index is 0.821. The number of fused-ring (bicyclic) bond motifs is 1. The highest BCUT2D eigenvalue weighted by Crippen LogP contribution is 2.29. The molecule has 1 aliphatic heterocycles. The summed E-state index contributed by atoms with van der Waals surface area (Å²) in [5.74, 6) is 0.931. The predicted octanol–water partition coefficient (Wildman–Crippen LogP) is 2.84. The summed E-state index contributed by atoms with van der Waals surface area (Å²) in [5, 5.41) is 4.67. The fourth-order valence-electron chi connectivity index (χ4n) is 3.72. The van der Waals surface area contributed by atoms with Crippen molar-refractivity contribution in [3.8, 4) is 0 Å². The van der Waals surface area contributed by atoms with E-state index >= 15 is 0 Å². The Labute approximate surface area is 160 Å². The van der Waals surface area contributed by atoms with Crippen LogP contribution in [0.5, 0.6) is 0 Å². The predicted molar refractivity (Wildman–Crippen MR) is 108 cm³/mol. The summed E-state index contributed by atoms with van der Waals surface area (Å²) < 4.78 is 7.70. The lowest BCUT2D eigenvalue weighted by atomic mass is 10.2. The lowest BCUT2D eigenvalue weighted by Gasteiger charge is -2.26. The maximum atomic E-state index is 5.42. The second kappa shape index (κ2) is 8.06. The third kappa shape index (κ3) is 3.82. The number of anilines is 1. The van der Waals surface area contributed by atoms with Gasteiger partial charge in [-0.3, -0.25) is 4.90 Å². The van der Waals surface area contributed by atoms with E-state index in [1.165, 1.54) is 16.8 Å². The summed E-state index contributed by atoms with van der Waals surface area (Å²) in [7, 11) is 0. The van der Waals surface area contributed by atoms with Crippen molar-refractivity contribution in [3.63, 3.8) is 0 Å². The quantitative estimate of drug-likeness (QED) is 0.728. The third-order valence-corrected chi connectivity index (χ3v) is 5.41. The molecular weight excluding hydrogens is 338 g/mol. The second-order valence-corrected chi connectivity index (χ2v) is 7.08. The molecule has 1 saturated heterocycles. The number of morpholine rings is 1. The SMILES string of the molecule is Cc1c(C)n(Cc2ccccc2)c2ncnc(NCCN3CCOCC3)c12. The molecule has 1 N–H and O–H groups in total. The first-order chi connectivity index (χ1) is 13.2. The van der Waals surface area contributed by atoms with Gasteiger partial charge in [-0.1, -0.05) is 30.3 Å². The van der Waals surface area contributed by atoms with Gasteiger partial charge in [-0.05, 0) is 25.0 Å². The first-order valence-electron chi connectivity index (χ1n) is 9.62. The molecule has 0 saturated carbocycles. The highest BCUT2D eigenvalue weighted by molar-refractivity contribution is 5.91. The summed E-state index contributed by atoms with van der Waals surface area (Å²) in [6.07, 6.45) is 1.67. The van der Waals surface area contributed by atoms with Crippen molar-refractivity contribution >= 4 is 16.9 Å². The first-order valence-corrected chi connectivity index (χ1v) is 9.62. The molecule has 0 radical (unpaired) electrons. The zero-order valence-corrected chi connectivity index (χ0v) is 16.1. The van der Waals surface area contributed by atoms with Crippen molar-refractivity contribution in [3.05, 3.63) is 53.5 Å². The second-order valence-electron chi connectivity index (χ2n) is 7.08. The van der Waals surface area contributed by atoms with E-state index in [1.807, 2.05) is 6.07 Å².